The second-order valence-corrected chi connectivity index (χ2v) is 5.89. The number of thioether (sulfide) groups is 1. The summed E-state index contributed by atoms with van der Waals surface area (Å²) in [4.78, 5) is 8.92. The Morgan fingerprint density at radius 1 is 1.11 bits per heavy atom. The number of hydrogen-bond acceptors (Lipinski definition) is 4. The second-order valence-electron chi connectivity index (χ2n) is 4.53. The van der Waals surface area contributed by atoms with E-state index in [0.717, 1.165) is 28.0 Å². The van der Waals surface area contributed by atoms with Crippen LogP contribution in [0, 0.1) is 13.8 Å². The van der Waals surface area contributed by atoms with Crippen LogP contribution >= 0.6 is 24.4 Å². The molecule has 0 radical (unpaired) electrons. The molecule has 1 aromatic carbocycles. The van der Waals surface area contributed by atoms with E-state index in [0.29, 0.717) is 5.92 Å². The van der Waals surface area contributed by atoms with Gasteiger partial charge in [-0.2, -0.15) is 12.6 Å². The third kappa shape index (κ3) is 4.25. The maximum Gasteiger partial charge on any atom is 0.187 e. The lowest BCUT2D eigenvalue weighted by Gasteiger charge is -2.14. The molecule has 1 heterocycles. The fourth-order valence-corrected chi connectivity index (χ4v) is 3.51. The van der Waals surface area contributed by atoms with E-state index in [1.54, 1.807) is 11.8 Å². The minimum atomic E-state index is 0.430. The van der Waals surface area contributed by atoms with E-state index in [1.807, 2.05) is 26.0 Å². The smallest absolute Gasteiger partial charge is 0.187 e. The van der Waals surface area contributed by atoms with Gasteiger partial charge >= 0.3 is 0 Å². The van der Waals surface area contributed by atoms with Gasteiger partial charge in [0.1, 0.15) is 0 Å². The van der Waals surface area contributed by atoms with Crippen LogP contribution in [0.5, 0.6) is 0 Å². The summed E-state index contributed by atoms with van der Waals surface area (Å²) in [6, 6.07) is 12.5. The number of rotatable bonds is 5. The Balaban J connectivity index is 2.04. The molecule has 19 heavy (non-hydrogen) atoms. The predicted octanol–water partition coefficient (Wildman–Crippen LogP) is 3.90. The van der Waals surface area contributed by atoms with Crippen molar-refractivity contribution >= 4 is 24.4 Å². The van der Waals surface area contributed by atoms with Gasteiger partial charge in [-0.15, -0.1) is 0 Å². The van der Waals surface area contributed by atoms with Crippen molar-refractivity contribution in [2.45, 2.75) is 24.9 Å². The van der Waals surface area contributed by atoms with Gasteiger partial charge < -0.3 is 0 Å². The van der Waals surface area contributed by atoms with Crippen LogP contribution in [0.3, 0.4) is 0 Å². The van der Waals surface area contributed by atoms with Gasteiger partial charge in [0.15, 0.2) is 5.16 Å². The van der Waals surface area contributed by atoms with Crippen molar-refractivity contribution in [3.8, 4) is 0 Å². The molecule has 1 atom stereocenters. The van der Waals surface area contributed by atoms with Gasteiger partial charge in [0.2, 0.25) is 0 Å². The van der Waals surface area contributed by atoms with Crippen molar-refractivity contribution < 1.29 is 0 Å². The summed E-state index contributed by atoms with van der Waals surface area (Å²) in [5.74, 6) is 2.22. The fraction of sp³-hybridized carbons (Fsp3) is 0.333. The zero-order chi connectivity index (χ0) is 13.7. The van der Waals surface area contributed by atoms with Crippen molar-refractivity contribution in [1.82, 2.24) is 9.97 Å². The topological polar surface area (TPSA) is 25.8 Å². The fourth-order valence-electron chi connectivity index (χ4n) is 1.91. The molecule has 1 unspecified atom stereocenters. The van der Waals surface area contributed by atoms with Crippen LogP contribution in [0.15, 0.2) is 41.6 Å². The lowest BCUT2D eigenvalue weighted by molar-refractivity contribution is 0.872. The minimum Gasteiger partial charge on any atom is -0.228 e. The molecule has 0 aliphatic carbocycles. The van der Waals surface area contributed by atoms with Crippen molar-refractivity contribution in [2.24, 2.45) is 0 Å². The molecule has 0 fully saturated rings. The molecule has 2 rings (SSSR count). The van der Waals surface area contributed by atoms with Crippen LogP contribution in [-0.2, 0) is 0 Å². The summed E-state index contributed by atoms with van der Waals surface area (Å²) < 4.78 is 0. The van der Waals surface area contributed by atoms with Crippen LogP contribution in [0.1, 0.15) is 22.9 Å². The summed E-state index contributed by atoms with van der Waals surface area (Å²) in [6.45, 7) is 4.01. The molecule has 0 N–H and O–H groups in total. The van der Waals surface area contributed by atoms with Gasteiger partial charge in [-0.05, 0) is 31.2 Å². The molecule has 0 saturated heterocycles. The molecule has 2 nitrogen and oxygen atoms in total. The first-order chi connectivity index (χ1) is 9.19. The van der Waals surface area contributed by atoms with Crippen molar-refractivity contribution in [1.29, 1.82) is 0 Å². The van der Waals surface area contributed by atoms with E-state index in [2.05, 4.69) is 46.9 Å². The van der Waals surface area contributed by atoms with Crippen molar-refractivity contribution in [3.05, 3.63) is 53.3 Å². The molecule has 0 spiro atoms. The molecule has 0 bridgehead atoms. The van der Waals surface area contributed by atoms with Crippen molar-refractivity contribution in [3.63, 3.8) is 0 Å². The average Bonchev–Trinajstić information content (AvgIpc) is 2.39. The Labute approximate surface area is 124 Å². The molecule has 0 aliphatic rings. The Bertz CT molecular complexity index is 509. The maximum atomic E-state index is 4.46. The summed E-state index contributed by atoms with van der Waals surface area (Å²) in [5, 5.41) is 0.861. The Hall–Kier alpha value is -1.00. The van der Waals surface area contributed by atoms with E-state index >= 15 is 0 Å². The normalized spacial score (nSPS) is 12.4. The first-order valence-electron chi connectivity index (χ1n) is 6.30. The van der Waals surface area contributed by atoms with Crippen molar-refractivity contribution in [2.75, 3.05) is 11.5 Å². The summed E-state index contributed by atoms with van der Waals surface area (Å²) >= 11 is 6.17. The highest BCUT2D eigenvalue weighted by atomic mass is 32.2. The van der Waals surface area contributed by atoms with Gasteiger partial charge in [-0.1, -0.05) is 42.1 Å². The number of thiol groups is 1. The van der Waals surface area contributed by atoms with Gasteiger partial charge in [0.25, 0.3) is 0 Å². The van der Waals surface area contributed by atoms with Gasteiger partial charge in [0, 0.05) is 23.1 Å². The molecule has 2 aromatic rings. The standard InChI is InChI=1S/C15H18N2S2/c1-11-8-12(2)17-15(16-11)19-10-14(9-18)13-6-4-3-5-7-13/h3-8,14,18H,9-10H2,1-2H3. The highest BCUT2D eigenvalue weighted by Gasteiger charge is 2.11. The number of benzene rings is 1. The first kappa shape index (κ1) is 14.4. The summed E-state index contributed by atoms with van der Waals surface area (Å²) in [7, 11) is 0. The number of nitrogens with zero attached hydrogens (tertiary/aromatic N) is 2. The average molecular weight is 290 g/mol. The van der Waals surface area contributed by atoms with Crippen LogP contribution in [0.25, 0.3) is 0 Å². The third-order valence-corrected chi connectivity index (χ3v) is 4.32. The molecule has 100 valence electrons. The maximum absolute atomic E-state index is 4.46. The van der Waals surface area contributed by atoms with Crippen LogP contribution < -0.4 is 0 Å². The van der Waals surface area contributed by atoms with E-state index in [4.69, 9.17) is 0 Å². The van der Waals surface area contributed by atoms with E-state index < -0.39 is 0 Å². The van der Waals surface area contributed by atoms with Crippen LogP contribution in [0.2, 0.25) is 0 Å². The largest absolute Gasteiger partial charge is 0.228 e. The molecule has 0 amide bonds. The van der Waals surface area contributed by atoms with Crippen LogP contribution in [0.4, 0.5) is 0 Å². The quantitative estimate of drug-likeness (QED) is 0.514. The number of aromatic nitrogens is 2. The van der Waals surface area contributed by atoms with Gasteiger partial charge in [-0.3, -0.25) is 0 Å². The van der Waals surface area contributed by atoms with E-state index in [9.17, 15) is 0 Å². The molecule has 0 saturated carbocycles. The molecular formula is C15H18N2S2. The molecule has 1 aromatic heterocycles. The predicted molar refractivity (Wildman–Crippen MR) is 85.3 cm³/mol. The van der Waals surface area contributed by atoms with E-state index in [-0.39, 0.29) is 0 Å². The minimum absolute atomic E-state index is 0.430. The zero-order valence-electron chi connectivity index (χ0n) is 11.2. The monoisotopic (exact) mass is 290 g/mol. The van der Waals surface area contributed by atoms with Gasteiger partial charge in [-0.25, -0.2) is 9.97 Å². The second kappa shape index (κ2) is 6.96. The summed E-state index contributed by atoms with van der Waals surface area (Å²) in [5.41, 5.74) is 3.38. The summed E-state index contributed by atoms with van der Waals surface area (Å²) in [6.07, 6.45) is 0. The number of hydrogen-bond donors (Lipinski definition) is 1. The third-order valence-electron chi connectivity index (χ3n) is 2.87. The van der Waals surface area contributed by atoms with E-state index in [1.165, 1.54) is 5.56 Å². The lowest BCUT2D eigenvalue weighted by Crippen LogP contribution is -2.04. The Morgan fingerprint density at radius 3 is 2.32 bits per heavy atom. The zero-order valence-corrected chi connectivity index (χ0v) is 12.9. The number of aryl methyl sites for hydroxylation is 2. The Morgan fingerprint density at radius 2 is 1.74 bits per heavy atom. The highest BCUT2D eigenvalue weighted by Crippen LogP contribution is 2.25. The molecular weight excluding hydrogens is 272 g/mol. The lowest BCUT2D eigenvalue weighted by atomic mass is 10.0. The Kier molecular flexibility index (Phi) is 5.28. The first-order valence-corrected chi connectivity index (χ1v) is 7.91. The molecule has 4 heteroatoms. The highest BCUT2D eigenvalue weighted by molar-refractivity contribution is 7.99. The van der Waals surface area contributed by atoms with Crippen LogP contribution in [-0.4, -0.2) is 21.5 Å². The SMILES string of the molecule is Cc1cc(C)nc(SCC(CS)c2ccccc2)n1. The molecule has 0 aliphatic heterocycles. The van der Waals surface area contributed by atoms with Gasteiger partial charge in [0.05, 0.1) is 0 Å².